The third-order valence-electron chi connectivity index (χ3n) is 2.01. The number of hydrogen-bond acceptors (Lipinski definition) is 3. The van der Waals surface area contributed by atoms with Gasteiger partial charge in [0.05, 0.1) is 0 Å². The average molecular weight is 258 g/mol. The molecular weight excluding hydrogens is 246 g/mol. The molecule has 2 N–H and O–H groups in total. The van der Waals surface area contributed by atoms with E-state index in [2.05, 4.69) is 5.32 Å². The molecule has 1 aromatic carbocycles. The normalized spacial score (nSPS) is 9.76. The Hall–Kier alpha value is -1.75. The van der Waals surface area contributed by atoms with Gasteiger partial charge in [0, 0.05) is 10.6 Å². The summed E-state index contributed by atoms with van der Waals surface area (Å²) in [4.78, 5) is 21.4. The number of carbonyl (C=O) groups excluding carboxylic acids is 1. The number of nitrogens with one attached hydrogen (secondary N) is 1. The third-order valence-corrected chi connectivity index (χ3v) is 2.42. The minimum atomic E-state index is -1.10. The van der Waals surface area contributed by atoms with Gasteiger partial charge >= 0.3 is 5.97 Å². The van der Waals surface area contributed by atoms with Crippen molar-refractivity contribution >= 4 is 23.5 Å². The van der Waals surface area contributed by atoms with Gasteiger partial charge in [0.25, 0.3) is 5.91 Å². The van der Waals surface area contributed by atoms with Gasteiger partial charge in [-0.1, -0.05) is 17.7 Å². The predicted molar refractivity (Wildman–Crippen MR) is 62.3 cm³/mol. The van der Waals surface area contributed by atoms with Crippen molar-refractivity contribution < 1.29 is 19.4 Å². The minimum Gasteiger partial charge on any atom is -0.483 e. The van der Waals surface area contributed by atoms with E-state index in [0.29, 0.717) is 10.8 Å². The van der Waals surface area contributed by atoms with Crippen LogP contribution in [0.5, 0.6) is 5.75 Å². The first-order chi connectivity index (χ1) is 8.00. The molecule has 1 amide bonds. The molecule has 0 fully saturated rings. The Morgan fingerprint density at radius 1 is 1.47 bits per heavy atom. The number of benzene rings is 1. The van der Waals surface area contributed by atoms with Crippen LogP contribution in [-0.4, -0.2) is 30.1 Å². The van der Waals surface area contributed by atoms with Crippen LogP contribution < -0.4 is 10.1 Å². The summed E-state index contributed by atoms with van der Waals surface area (Å²) < 4.78 is 5.22. The number of carboxylic acid groups (broad SMARTS) is 1. The maximum atomic E-state index is 11.2. The van der Waals surface area contributed by atoms with Crippen molar-refractivity contribution in [1.82, 2.24) is 5.32 Å². The second-order valence-corrected chi connectivity index (χ2v) is 3.73. The number of hydrogen-bond donors (Lipinski definition) is 2. The second-order valence-electron chi connectivity index (χ2n) is 3.32. The molecule has 0 heterocycles. The summed E-state index contributed by atoms with van der Waals surface area (Å²) in [5.41, 5.74) is 0.736. The fraction of sp³-hybridized carbons (Fsp3) is 0.273. The SMILES string of the molecule is Cc1c(Cl)cccc1OCC(=O)NCC(=O)O. The quantitative estimate of drug-likeness (QED) is 0.832. The molecule has 17 heavy (non-hydrogen) atoms. The first kappa shape index (κ1) is 13.3. The predicted octanol–water partition coefficient (Wildman–Crippen LogP) is 1.23. The molecule has 0 saturated carbocycles. The lowest BCUT2D eigenvalue weighted by Crippen LogP contribution is -2.33. The van der Waals surface area contributed by atoms with Crippen molar-refractivity contribution in [3.63, 3.8) is 0 Å². The Morgan fingerprint density at radius 2 is 2.18 bits per heavy atom. The van der Waals surface area contributed by atoms with Crippen molar-refractivity contribution in [3.8, 4) is 5.75 Å². The van der Waals surface area contributed by atoms with Crippen LogP contribution in [0.3, 0.4) is 0 Å². The fourth-order valence-electron chi connectivity index (χ4n) is 1.11. The van der Waals surface area contributed by atoms with E-state index in [0.717, 1.165) is 5.56 Å². The molecule has 1 rings (SSSR count). The van der Waals surface area contributed by atoms with Crippen LogP contribution in [0.4, 0.5) is 0 Å². The summed E-state index contributed by atoms with van der Waals surface area (Å²) >= 11 is 5.87. The molecule has 0 saturated heterocycles. The van der Waals surface area contributed by atoms with E-state index in [1.54, 1.807) is 25.1 Å². The molecule has 0 aliphatic rings. The van der Waals surface area contributed by atoms with Gasteiger partial charge in [0.15, 0.2) is 6.61 Å². The molecule has 0 unspecified atom stereocenters. The van der Waals surface area contributed by atoms with E-state index in [9.17, 15) is 9.59 Å². The highest BCUT2D eigenvalue weighted by molar-refractivity contribution is 6.31. The lowest BCUT2D eigenvalue weighted by atomic mass is 10.2. The molecule has 0 spiro atoms. The first-order valence-corrected chi connectivity index (χ1v) is 5.25. The van der Waals surface area contributed by atoms with Gasteiger partial charge in [-0.25, -0.2) is 0 Å². The molecule has 0 bridgehead atoms. The van der Waals surface area contributed by atoms with Crippen LogP contribution in [0, 0.1) is 6.92 Å². The summed E-state index contributed by atoms with van der Waals surface area (Å²) in [7, 11) is 0. The number of ether oxygens (including phenoxy) is 1. The van der Waals surface area contributed by atoms with Gasteiger partial charge in [-0.2, -0.15) is 0 Å². The summed E-state index contributed by atoms with van der Waals surface area (Å²) in [6, 6.07) is 5.11. The Kier molecular flexibility index (Phi) is 4.78. The van der Waals surface area contributed by atoms with Crippen molar-refractivity contribution in [3.05, 3.63) is 28.8 Å². The Labute approximate surface area is 103 Å². The highest BCUT2D eigenvalue weighted by Crippen LogP contribution is 2.24. The van der Waals surface area contributed by atoms with Crippen LogP contribution in [0.1, 0.15) is 5.56 Å². The summed E-state index contributed by atoms with van der Waals surface area (Å²) in [6.45, 7) is 1.11. The van der Waals surface area contributed by atoms with Crippen LogP contribution >= 0.6 is 11.6 Å². The van der Waals surface area contributed by atoms with Crippen molar-refractivity contribution in [2.24, 2.45) is 0 Å². The topological polar surface area (TPSA) is 75.6 Å². The highest BCUT2D eigenvalue weighted by atomic mass is 35.5. The maximum Gasteiger partial charge on any atom is 0.322 e. The van der Waals surface area contributed by atoms with Crippen molar-refractivity contribution in [2.45, 2.75) is 6.92 Å². The van der Waals surface area contributed by atoms with Crippen LogP contribution in [0.25, 0.3) is 0 Å². The Morgan fingerprint density at radius 3 is 2.82 bits per heavy atom. The van der Waals surface area contributed by atoms with Crippen LogP contribution in [0.15, 0.2) is 18.2 Å². The smallest absolute Gasteiger partial charge is 0.322 e. The zero-order valence-electron chi connectivity index (χ0n) is 9.20. The zero-order valence-corrected chi connectivity index (χ0v) is 9.95. The Balaban J connectivity index is 2.47. The average Bonchev–Trinajstić information content (AvgIpc) is 2.28. The van der Waals surface area contributed by atoms with E-state index in [-0.39, 0.29) is 6.61 Å². The van der Waals surface area contributed by atoms with Crippen LogP contribution in [-0.2, 0) is 9.59 Å². The number of halogens is 1. The number of amides is 1. The number of rotatable bonds is 5. The molecule has 0 aromatic heterocycles. The molecule has 0 radical (unpaired) electrons. The maximum absolute atomic E-state index is 11.2. The minimum absolute atomic E-state index is 0.242. The Bertz CT molecular complexity index is 433. The van der Waals surface area contributed by atoms with Gasteiger partial charge in [0.2, 0.25) is 0 Å². The standard InChI is InChI=1S/C11H12ClNO4/c1-7-8(12)3-2-4-9(7)17-6-10(14)13-5-11(15)16/h2-4H,5-6H2,1H3,(H,13,14)(H,15,16). The molecule has 0 atom stereocenters. The first-order valence-electron chi connectivity index (χ1n) is 4.87. The van der Waals surface area contributed by atoms with E-state index in [1.165, 1.54) is 0 Å². The lowest BCUT2D eigenvalue weighted by Gasteiger charge is -2.09. The largest absolute Gasteiger partial charge is 0.483 e. The van der Waals surface area contributed by atoms with E-state index < -0.39 is 18.4 Å². The zero-order chi connectivity index (χ0) is 12.8. The van der Waals surface area contributed by atoms with Gasteiger partial charge < -0.3 is 15.2 Å². The molecular formula is C11H12ClNO4. The molecule has 0 aliphatic heterocycles. The van der Waals surface area contributed by atoms with E-state index in [1.807, 2.05) is 0 Å². The molecule has 0 aliphatic carbocycles. The van der Waals surface area contributed by atoms with E-state index >= 15 is 0 Å². The number of carbonyl (C=O) groups is 2. The number of carboxylic acids is 1. The van der Waals surface area contributed by atoms with E-state index in [4.69, 9.17) is 21.4 Å². The third kappa shape index (κ3) is 4.32. The summed E-state index contributed by atoms with van der Waals surface area (Å²) in [5, 5.41) is 11.1. The molecule has 1 aromatic rings. The van der Waals surface area contributed by atoms with Crippen molar-refractivity contribution in [1.29, 1.82) is 0 Å². The van der Waals surface area contributed by atoms with Crippen LogP contribution in [0.2, 0.25) is 5.02 Å². The molecule has 6 heteroatoms. The second kappa shape index (κ2) is 6.10. The van der Waals surface area contributed by atoms with Crippen molar-refractivity contribution in [2.75, 3.05) is 13.2 Å². The summed E-state index contributed by atoms with van der Waals surface area (Å²) in [6.07, 6.45) is 0. The van der Waals surface area contributed by atoms with Gasteiger partial charge in [0.1, 0.15) is 12.3 Å². The lowest BCUT2D eigenvalue weighted by molar-refractivity contribution is -0.138. The summed E-state index contributed by atoms with van der Waals surface area (Å²) in [5.74, 6) is -1.09. The fourth-order valence-corrected chi connectivity index (χ4v) is 1.28. The molecule has 92 valence electrons. The highest BCUT2D eigenvalue weighted by Gasteiger charge is 2.07. The monoisotopic (exact) mass is 257 g/mol. The van der Waals surface area contributed by atoms with Gasteiger partial charge in [-0.15, -0.1) is 0 Å². The molecule has 5 nitrogen and oxygen atoms in total. The van der Waals surface area contributed by atoms with Gasteiger partial charge in [-0.05, 0) is 19.1 Å². The van der Waals surface area contributed by atoms with Gasteiger partial charge in [-0.3, -0.25) is 9.59 Å². The number of aliphatic carboxylic acids is 1.